The topological polar surface area (TPSA) is 121 Å². The highest BCUT2D eigenvalue weighted by Crippen LogP contribution is 2.18. The molecule has 0 aliphatic carbocycles. The quantitative estimate of drug-likeness (QED) is 0.391. The second-order valence-electron chi connectivity index (χ2n) is 5.23. The molecule has 3 N–H and O–H groups in total. The van der Waals surface area contributed by atoms with Crippen LogP contribution in [0.4, 0.5) is 0 Å². The molecule has 0 saturated heterocycles. The molecule has 0 heterocycles. The van der Waals surface area contributed by atoms with Gasteiger partial charge in [-0.2, -0.15) is 0 Å². The van der Waals surface area contributed by atoms with Crippen molar-refractivity contribution >= 4 is 17.9 Å². The standard InChI is InChI=1S/C14H24O7/c1-3-4-5-6-7-10(2)21-12(17)9-14(20,13(18)19)8-11(15)16/h10,20H,3-9H2,1-2H3,(H,15,16)(H,18,19). The third-order valence-corrected chi connectivity index (χ3v) is 3.08. The van der Waals surface area contributed by atoms with Crippen molar-refractivity contribution in [1.29, 1.82) is 0 Å². The van der Waals surface area contributed by atoms with Crippen LogP contribution >= 0.6 is 0 Å². The highest BCUT2D eigenvalue weighted by atomic mass is 16.5. The minimum atomic E-state index is -2.63. The van der Waals surface area contributed by atoms with Crippen LogP contribution in [0.5, 0.6) is 0 Å². The van der Waals surface area contributed by atoms with Crippen LogP contribution in [0.1, 0.15) is 58.8 Å². The van der Waals surface area contributed by atoms with E-state index < -0.39 is 42.5 Å². The van der Waals surface area contributed by atoms with E-state index in [0.29, 0.717) is 6.42 Å². The summed E-state index contributed by atoms with van der Waals surface area (Å²) >= 11 is 0. The number of rotatable bonds is 11. The van der Waals surface area contributed by atoms with E-state index in [9.17, 15) is 19.5 Å². The minimum absolute atomic E-state index is 0.391. The van der Waals surface area contributed by atoms with Crippen molar-refractivity contribution in [3.8, 4) is 0 Å². The fourth-order valence-electron chi connectivity index (χ4n) is 1.89. The van der Waals surface area contributed by atoms with E-state index in [1.165, 1.54) is 0 Å². The van der Waals surface area contributed by atoms with Crippen LogP contribution < -0.4 is 0 Å². The van der Waals surface area contributed by atoms with Gasteiger partial charge in [0.15, 0.2) is 5.60 Å². The average Bonchev–Trinajstić information content (AvgIpc) is 2.33. The molecule has 0 saturated carbocycles. The zero-order valence-corrected chi connectivity index (χ0v) is 12.5. The van der Waals surface area contributed by atoms with Gasteiger partial charge in [0.25, 0.3) is 0 Å². The van der Waals surface area contributed by atoms with Crippen LogP contribution in [-0.4, -0.2) is 44.9 Å². The Morgan fingerprint density at radius 3 is 2.19 bits per heavy atom. The van der Waals surface area contributed by atoms with Crippen molar-refractivity contribution < 1.29 is 34.4 Å². The first-order valence-corrected chi connectivity index (χ1v) is 7.08. The van der Waals surface area contributed by atoms with Crippen LogP contribution in [0.3, 0.4) is 0 Å². The summed E-state index contributed by atoms with van der Waals surface area (Å²) in [4.78, 5) is 33.1. The molecule has 0 aromatic carbocycles. The van der Waals surface area contributed by atoms with Gasteiger partial charge in [-0.25, -0.2) is 4.79 Å². The van der Waals surface area contributed by atoms with Crippen molar-refractivity contribution in [3.63, 3.8) is 0 Å². The molecule has 0 amide bonds. The van der Waals surface area contributed by atoms with Crippen molar-refractivity contribution in [2.75, 3.05) is 0 Å². The van der Waals surface area contributed by atoms with Gasteiger partial charge in [0.05, 0.1) is 18.9 Å². The molecule has 0 rings (SSSR count). The molecule has 0 bridgehead atoms. The lowest BCUT2D eigenvalue weighted by atomic mass is 9.96. The molecule has 0 radical (unpaired) electrons. The van der Waals surface area contributed by atoms with Gasteiger partial charge in [-0.1, -0.05) is 26.2 Å². The first kappa shape index (κ1) is 19.4. The zero-order valence-electron chi connectivity index (χ0n) is 12.5. The fourth-order valence-corrected chi connectivity index (χ4v) is 1.89. The summed E-state index contributed by atoms with van der Waals surface area (Å²) in [5, 5.41) is 27.1. The summed E-state index contributed by atoms with van der Waals surface area (Å²) in [6.45, 7) is 3.76. The highest BCUT2D eigenvalue weighted by molar-refractivity contribution is 5.88. The molecule has 0 fully saturated rings. The van der Waals surface area contributed by atoms with E-state index in [0.717, 1.165) is 25.7 Å². The Hall–Kier alpha value is -1.63. The highest BCUT2D eigenvalue weighted by Gasteiger charge is 2.41. The lowest BCUT2D eigenvalue weighted by Crippen LogP contribution is -2.43. The number of carbonyl (C=O) groups is 3. The number of ether oxygens (including phenoxy) is 1. The van der Waals surface area contributed by atoms with Gasteiger partial charge in [-0.05, 0) is 19.8 Å². The van der Waals surface area contributed by atoms with E-state index in [1.807, 2.05) is 0 Å². The van der Waals surface area contributed by atoms with Crippen LogP contribution in [0.15, 0.2) is 0 Å². The molecule has 21 heavy (non-hydrogen) atoms. The number of unbranched alkanes of at least 4 members (excludes halogenated alkanes) is 3. The summed E-state index contributed by atoms with van der Waals surface area (Å²) in [5.74, 6) is -4.16. The average molecular weight is 304 g/mol. The normalized spacial score (nSPS) is 15.0. The molecule has 0 aliphatic heterocycles. The fraction of sp³-hybridized carbons (Fsp3) is 0.786. The van der Waals surface area contributed by atoms with Crippen LogP contribution in [0, 0.1) is 0 Å². The maximum absolute atomic E-state index is 11.6. The van der Waals surface area contributed by atoms with Gasteiger partial charge < -0.3 is 20.1 Å². The van der Waals surface area contributed by atoms with Crippen LogP contribution in [-0.2, 0) is 19.1 Å². The van der Waals surface area contributed by atoms with Crippen molar-refractivity contribution in [3.05, 3.63) is 0 Å². The Morgan fingerprint density at radius 2 is 1.71 bits per heavy atom. The number of carboxylic acids is 2. The molecular formula is C14H24O7. The van der Waals surface area contributed by atoms with Crippen molar-refractivity contribution in [2.45, 2.75) is 70.5 Å². The van der Waals surface area contributed by atoms with E-state index in [-0.39, 0.29) is 0 Å². The lowest BCUT2D eigenvalue weighted by Gasteiger charge is -2.21. The number of aliphatic carboxylic acids is 2. The monoisotopic (exact) mass is 304 g/mol. The van der Waals surface area contributed by atoms with Crippen LogP contribution in [0.25, 0.3) is 0 Å². The van der Waals surface area contributed by atoms with Crippen molar-refractivity contribution in [1.82, 2.24) is 0 Å². The largest absolute Gasteiger partial charge is 0.481 e. The van der Waals surface area contributed by atoms with E-state index in [4.69, 9.17) is 14.9 Å². The molecule has 0 aliphatic rings. The molecular weight excluding hydrogens is 280 g/mol. The smallest absolute Gasteiger partial charge is 0.336 e. The van der Waals surface area contributed by atoms with Crippen LogP contribution in [0.2, 0.25) is 0 Å². The lowest BCUT2D eigenvalue weighted by molar-refractivity contribution is -0.173. The summed E-state index contributed by atoms with van der Waals surface area (Å²) in [7, 11) is 0. The summed E-state index contributed by atoms with van der Waals surface area (Å²) in [6, 6.07) is 0. The van der Waals surface area contributed by atoms with Gasteiger partial charge in [0, 0.05) is 0 Å². The zero-order chi connectivity index (χ0) is 16.5. The predicted octanol–water partition coefficient (Wildman–Crippen LogP) is 1.57. The Kier molecular flexibility index (Phi) is 8.61. The maximum atomic E-state index is 11.6. The maximum Gasteiger partial charge on any atom is 0.336 e. The number of hydrogen-bond acceptors (Lipinski definition) is 5. The molecule has 0 aromatic heterocycles. The number of esters is 1. The van der Waals surface area contributed by atoms with Gasteiger partial charge in [-0.15, -0.1) is 0 Å². The van der Waals surface area contributed by atoms with Gasteiger partial charge in [0.2, 0.25) is 0 Å². The molecule has 0 aromatic rings. The molecule has 122 valence electrons. The van der Waals surface area contributed by atoms with E-state index in [1.54, 1.807) is 6.92 Å². The first-order chi connectivity index (χ1) is 9.71. The third kappa shape index (κ3) is 8.29. The third-order valence-electron chi connectivity index (χ3n) is 3.08. The minimum Gasteiger partial charge on any atom is -0.481 e. The van der Waals surface area contributed by atoms with Gasteiger partial charge in [-0.3, -0.25) is 9.59 Å². The Bertz CT molecular complexity index is 366. The summed E-state index contributed by atoms with van der Waals surface area (Å²) in [6.07, 6.45) is 2.42. The number of carbonyl (C=O) groups excluding carboxylic acids is 1. The second kappa shape index (κ2) is 9.33. The first-order valence-electron chi connectivity index (χ1n) is 7.08. The van der Waals surface area contributed by atoms with Gasteiger partial charge in [0.1, 0.15) is 0 Å². The molecule has 2 atom stereocenters. The molecule has 0 spiro atoms. The number of aliphatic hydroxyl groups is 1. The Morgan fingerprint density at radius 1 is 1.10 bits per heavy atom. The SMILES string of the molecule is CCCCCCC(C)OC(=O)CC(O)(CC(=O)O)C(=O)O. The van der Waals surface area contributed by atoms with E-state index >= 15 is 0 Å². The van der Waals surface area contributed by atoms with Crippen molar-refractivity contribution in [2.24, 2.45) is 0 Å². The number of carboxylic acid groups (broad SMARTS) is 2. The summed E-state index contributed by atoms with van der Waals surface area (Å²) in [5.41, 5.74) is -2.63. The Labute approximate surface area is 123 Å². The molecule has 7 nitrogen and oxygen atoms in total. The van der Waals surface area contributed by atoms with E-state index in [2.05, 4.69) is 6.92 Å². The molecule has 2 unspecified atom stereocenters. The number of hydrogen-bond donors (Lipinski definition) is 3. The Balaban J connectivity index is 4.31. The second-order valence-corrected chi connectivity index (χ2v) is 5.23. The summed E-state index contributed by atoms with van der Waals surface area (Å²) < 4.78 is 5.00. The van der Waals surface area contributed by atoms with Gasteiger partial charge >= 0.3 is 17.9 Å². The predicted molar refractivity (Wildman–Crippen MR) is 73.8 cm³/mol. The molecule has 7 heteroatoms.